The molecule has 4 heteroatoms. The minimum Gasteiger partial charge on any atom is -0.381 e. The summed E-state index contributed by atoms with van der Waals surface area (Å²) in [5.41, 5.74) is 5.31. The van der Waals surface area contributed by atoms with Gasteiger partial charge in [-0.3, -0.25) is 4.79 Å². The molecule has 0 aromatic carbocycles. The standard InChI is InChI=1S/C12H24N2O2/c1-11(2,3)10(15)14(4)12(9-13)5-7-16-8-6-12/h5-9,13H2,1-4H3. The molecule has 1 heterocycles. The van der Waals surface area contributed by atoms with E-state index in [4.69, 9.17) is 10.5 Å². The number of ether oxygens (including phenoxy) is 1. The van der Waals surface area contributed by atoms with Gasteiger partial charge < -0.3 is 15.4 Å². The molecule has 0 aromatic heterocycles. The van der Waals surface area contributed by atoms with E-state index < -0.39 is 0 Å². The second-order valence-electron chi connectivity index (χ2n) is 5.66. The van der Waals surface area contributed by atoms with Gasteiger partial charge in [0.25, 0.3) is 0 Å². The van der Waals surface area contributed by atoms with E-state index in [1.54, 1.807) is 0 Å². The molecule has 1 amide bonds. The zero-order valence-electron chi connectivity index (χ0n) is 10.9. The second kappa shape index (κ2) is 4.72. The Balaban J connectivity index is 2.83. The summed E-state index contributed by atoms with van der Waals surface area (Å²) < 4.78 is 5.35. The molecule has 0 aliphatic carbocycles. The van der Waals surface area contributed by atoms with Crippen LogP contribution in [0.2, 0.25) is 0 Å². The molecule has 0 unspecified atom stereocenters. The van der Waals surface area contributed by atoms with Gasteiger partial charge in [-0.25, -0.2) is 0 Å². The first kappa shape index (κ1) is 13.5. The van der Waals surface area contributed by atoms with E-state index in [0.29, 0.717) is 19.8 Å². The van der Waals surface area contributed by atoms with Crippen molar-refractivity contribution in [2.75, 3.05) is 26.8 Å². The second-order valence-corrected chi connectivity index (χ2v) is 5.66. The number of nitrogens with two attached hydrogens (primary N) is 1. The lowest BCUT2D eigenvalue weighted by molar-refractivity contribution is -0.147. The van der Waals surface area contributed by atoms with Crippen molar-refractivity contribution >= 4 is 5.91 Å². The van der Waals surface area contributed by atoms with Crippen LogP contribution in [0, 0.1) is 5.41 Å². The highest BCUT2D eigenvalue weighted by Gasteiger charge is 2.40. The maximum atomic E-state index is 12.3. The summed E-state index contributed by atoms with van der Waals surface area (Å²) in [4.78, 5) is 14.1. The van der Waals surface area contributed by atoms with Gasteiger partial charge >= 0.3 is 0 Å². The Hall–Kier alpha value is -0.610. The Morgan fingerprint density at radius 1 is 1.38 bits per heavy atom. The first-order chi connectivity index (χ1) is 7.33. The zero-order valence-corrected chi connectivity index (χ0v) is 10.9. The smallest absolute Gasteiger partial charge is 0.228 e. The van der Waals surface area contributed by atoms with Crippen molar-refractivity contribution in [3.8, 4) is 0 Å². The van der Waals surface area contributed by atoms with Gasteiger partial charge in [-0.15, -0.1) is 0 Å². The number of likely N-dealkylation sites (N-methyl/N-ethyl adjacent to an activating group) is 1. The molecule has 16 heavy (non-hydrogen) atoms. The van der Waals surface area contributed by atoms with Crippen LogP contribution in [-0.2, 0) is 9.53 Å². The number of amides is 1. The fourth-order valence-corrected chi connectivity index (χ4v) is 2.15. The number of carbonyl (C=O) groups excluding carboxylic acids is 1. The monoisotopic (exact) mass is 228 g/mol. The Kier molecular flexibility index (Phi) is 3.97. The summed E-state index contributed by atoms with van der Waals surface area (Å²) in [7, 11) is 1.87. The van der Waals surface area contributed by atoms with Crippen LogP contribution in [0.3, 0.4) is 0 Å². The molecular weight excluding hydrogens is 204 g/mol. The predicted molar refractivity (Wildman–Crippen MR) is 64.1 cm³/mol. The molecule has 1 aliphatic rings. The largest absolute Gasteiger partial charge is 0.381 e. The average molecular weight is 228 g/mol. The summed E-state index contributed by atoms with van der Waals surface area (Å²) in [5, 5.41) is 0. The van der Waals surface area contributed by atoms with Crippen LogP contribution in [-0.4, -0.2) is 43.2 Å². The lowest BCUT2D eigenvalue weighted by Crippen LogP contribution is -2.59. The molecule has 1 fully saturated rings. The van der Waals surface area contributed by atoms with E-state index >= 15 is 0 Å². The van der Waals surface area contributed by atoms with Crippen LogP contribution >= 0.6 is 0 Å². The number of nitrogens with zero attached hydrogens (tertiary/aromatic N) is 1. The maximum absolute atomic E-state index is 12.3. The molecule has 0 aromatic rings. The van der Waals surface area contributed by atoms with E-state index in [0.717, 1.165) is 12.8 Å². The third-order valence-electron chi connectivity index (χ3n) is 3.46. The minimum atomic E-state index is -0.352. The van der Waals surface area contributed by atoms with Crippen LogP contribution in [0.4, 0.5) is 0 Å². The van der Waals surface area contributed by atoms with Crippen LogP contribution in [0.15, 0.2) is 0 Å². The molecule has 94 valence electrons. The Bertz CT molecular complexity index is 252. The van der Waals surface area contributed by atoms with E-state index in [9.17, 15) is 4.79 Å². The number of hydrogen-bond donors (Lipinski definition) is 1. The molecule has 0 radical (unpaired) electrons. The van der Waals surface area contributed by atoms with Gasteiger partial charge in [0.15, 0.2) is 0 Å². The Morgan fingerprint density at radius 2 is 1.88 bits per heavy atom. The van der Waals surface area contributed by atoms with Gasteiger partial charge in [0, 0.05) is 32.2 Å². The number of rotatable bonds is 2. The quantitative estimate of drug-likeness (QED) is 0.767. The van der Waals surface area contributed by atoms with Crippen LogP contribution in [0.1, 0.15) is 33.6 Å². The zero-order chi connectivity index (χ0) is 12.4. The predicted octanol–water partition coefficient (Wildman–Crippen LogP) is 0.999. The fourth-order valence-electron chi connectivity index (χ4n) is 2.15. The Labute approximate surface area is 98.1 Å². The van der Waals surface area contributed by atoms with Crippen LogP contribution in [0.5, 0.6) is 0 Å². The van der Waals surface area contributed by atoms with Gasteiger partial charge in [-0.2, -0.15) is 0 Å². The van der Waals surface area contributed by atoms with Gasteiger partial charge in [0.1, 0.15) is 0 Å². The van der Waals surface area contributed by atoms with Crippen molar-refractivity contribution in [1.29, 1.82) is 0 Å². The SMILES string of the molecule is CN(C(=O)C(C)(C)C)C1(CN)CCOCC1. The maximum Gasteiger partial charge on any atom is 0.228 e. The van der Waals surface area contributed by atoms with Crippen molar-refractivity contribution in [1.82, 2.24) is 4.90 Å². The third kappa shape index (κ3) is 2.55. The highest BCUT2D eigenvalue weighted by atomic mass is 16.5. The summed E-state index contributed by atoms with van der Waals surface area (Å²) in [6, 6.07) is 0. The molecule has 1 aliphatic heterocycles. The van der Waals surface area contributed by atoms with E-state index in [-0.39, 0.29) is 16.9 Å². The molecule has 1 rings (SSSR count). The summed E-state index contributed by atoms with van der Waals surface area (Å²) in [6.45, 7) is 7.72. The first-order valence-corrected chi connectivity index (χ1v) is 5.89. The molecule has 1 saturated heterocycles. The lowest BCUT2D eigenvalue weighted by atomic mass is 9.85. The molecule has 0 saturated carbocycles. The van der Waals surface area contributed by atoms with Crippen LogP contribution in [0.25, 0.3) is 0 Å². The molecule has 4 nitrogen and oxygen atoms in total. The van der Waals surface area contributed by atoms with Gasteiger partial charge in [-0.05, 0) is 12.8 Å². The molecule has 2 N–H and O–H groups in total. The van der Waals surface area contributed by atoms with Gasteiger partial charge in [0.2, 0.25) is 5.91 Å². The Morgan fingerprint density at radius 3 is 2.25 bits per heavy atom. The topological polar surface area (TPSA) is 55.6 Å². The lowest BCUT2D eigenvalue weighted by Gasteiger charge is -2.45. The molecule has 0 bridgehead atoms. The van der Waals surface area contributed by atoms with Crippen LogP contribution < -0.4 is 5.73 Å². The molecule has 0 spiro atoms. The van der Waals surface area contributed by atoms with Crippen molar-refractivity contribution in [3.05, 3.63) is 0 Å². The first-order valence-electron chi connectivity index (χ1n) is 5.89. The molecule has 0 atom stereocenters. The van der Waals surface area contributed by atoms with Crippen molar-refractivity contribution in [2.24, 2.45) is 11.1 Å². The van der Waals surface area contributed by atoms with Crippen molar-refractivity contribution < 1.29 is 9.53 Å². The molecular formula is C12H24N2O2. The van der Waals surface area contributed by atoms with E-state index in [1.807, 2.05) is 32.7 Å². The average Bonchev–Trinajstić information content (AvgIpc) is 2.26. The number of hydrogen-bond acceptors (Lipinski definition) is 3. The van der Waals surface area contributed by atoms with Crippen molar-refractivity contribution in [2.45, 2.75) is 39.2 Å². The van der Waals surface area contributed by atoms with Gasteiger partial charge in [0.05, 0.1) is 5.54 Å². The van der Waals surface area contributed by atoms with E-state index in [2.05, 4.69) is 0 Å². The summed E-state index contributed by atoms with van der Waals surface area (Å²) >= 11 is 0. The highest BCUT2D eigenvalue weighted by molar-refractivity contribution is 5.82. The third-order valence-corrected chi connectivity index (χ3v) is 3.46. The van der Waals surface area contributed by atoms with Crippen molar-refractivity contribution in [3.63, 3.8) is 0 Å². The summed E-state index contributed by atoms with van der Waals surface area (Å²) in [6.07, 6.45) is 1.67. The van der Waals surface area contributed by atoms with E-state index in [1.165, 1.54) is 0 Å². The normalized spacial score (nSPS) is 20.6. The summed E-state index contributed by atoms with van der Waals surface area (Å²) in [5.74, 6) is 0.153. The van der Waals surface area contributed by atoms with Gasteiger partial charge in [-0.1, -0.05) is 20.8 Å². The minimum absolute atomic E-state index is 0.153. The highest BCUT2D eigenvalue weighted by Crippen LogP contribution is 2.29. The fraction of sp³-hybridized carbons (Fsp3) is 0.917. The number of carbonyl (C=O) groups is 1.